The molecule has 5 rings (SSSR count). The van der Waals surface area contributed by atoms with Gasteiger partial charge in [0.15, 0.2) is 11.0 Å². The molecule has 0 unspecified atom stereocenters. The van der Waals surface area contributed by atoms with Crippen LogP contribution in [0.4, 0.5) is 5.95 Å². The second kappa shape index (κ2) is 8.74. The fraction of sp³-hybridized carbons (Fsp3) is 0.333. The molecule has 1 aromatic carbocycles. The zero-order valence-electron chi connectivity index (χ0n) is 16.5. The van der Waals surface area contributed by atoms with Gasteiger partial charge in [-0.05, 0) is 43.5 Å². The number of piperidine rings is 1. The number of aromatic nitrogens is 5. The number of hydrogen-bond acceptors (Lipinski definition) is 8. The maximum Gasteiger partial charge on any atom is 0.257 e. The second-order valence-corrected chi connectivity index (χ2v) is 8.11. The van der Waals surface area contributed by atoms with E-state index in [0.717, 1.165) is 35.5 Å². The van der Waals surface area contributed by atoms with Gasteiger partial charge in [0.2, 0.25) is 5.95 Å². The highest BCUT2D eigenvalue weighted by Crippen LogP contribution is 2.28. The van der Waals surface area contributed by atoms with Crippen molar-refractivity contribution in [1.82, 2.24) is 24.9 Å². The smallest absolute Gasteiger partial charge is 0.257 e. The predicted molar refractivity (Wildman–Crippen MR) is 113 cm³/mol. The van der Waals surface area contributed by atoms with Crippen molar-refractivity contribution in [3.05, 3.63) is 60.3 Å². The Bertz CT molecular complexity index is 1070. The molecule has 0 aliphatic carbocycles. The van der Waals surface area contributed by atoms with Gasteiger partial charge in [-0.25, -0.2) is 0 Å². The molecule has 8 nitrogen and oxygen atoms in total. The molecule has 0 N–H and O–H groups in total. The zero-order valence-corrected chi connectivity index (χ0v) is 17.3. The fourth-order valence-electron chi connectivity index (χ4n) is 3.55. The van der Waals surface area contributed by atoms with Crippen LogP contribution in [0.15, 0.2) is 62.8 Å². The average molecular weight is 423 g/mol. The molecule has 1 saturated heterocycles. The Hall–Kier alpha value is -3.07. The van der Waals surface area contributed by atoms with E-state index in [1.54, 1.807) is 18.0 Å². The topological polar surface area (TPSA) is 86.0 Å². The minimum absolute atomic E-state index is 0.525. The molecule has 4 heterocycles. The van der Waals surface area contributed by atoms with Crippen LogP contribution in [0.1, 0.15) is 30.8 Å². The van der Waals surface area contributed by atoms with E-state index < -0.39 is 0 Å². The summed E-state index contributed by atoms with van der Waals surface area (Å²) in [7, 11) is 0. The second-order valence-electron chi connectivity index (χ2n) is 7.17. The number of anilines is 1. The third kappa shape index (κ3) is 4.11. The molecule has 0 atom stereocenters. The maximum absolute atomic E-state index is 5.58. The molecule has 1 aliphatic rings. The van der Waals surface area contributed by atoms with Crippen molar-refractivity contribution >= 4 is 17.7 Å². The summed E-state index contributed by atoms with van der Waals surface area (Å²) in [6, 6.07) is 13.6. The van der Waals surface area contributed by atoms with Crippen molar-refractivity contribution < 1.29 is 8.94 Å². The molecular weight excluding hydrogens is 400 g/mol. The fourth-order valence-corrected chi connectivity index (χ4v) is 4.33. The van der Waals surface area contributed by atoms with Crippen molar-refractivity contribution in [2.45, 2.75) is 36.7 Å². The first kappa shape index (κ1) is 18.9. The van der Waals surface area contributed by atoms with Gasteiger partial charge in [0, 0.05) is 18.7 Å². The van der Waals surface area contributed by atoms with Crippen LogP contribution in [-0.4, -0.2) is 38.0 Å². The first-order chi connectivity index (χ1) is 14.9. The summed E-state index contributed by atoms with van der Waals surface area (Å²) < 4.78 is 13.1. The summed E-state index contributed by atoms with van der Waals surface area (Å²) in [6.07, 6.45) is 5.33. The van der Waals surface area contributed by atoms with E-state index in [-0.39, 0.29) is 0 Å². The minimum atomic E-state index is 0.525. The maximum atomic E-state index is 5.58. The first-order valence-corrected chi connectivity index (χ1v) is 11.1. The van der Waals surface area contributed by atoms with Crippen LogP contribution in [0.2, 0.25) is 0 Å². The SMILES string of the molecule is c1ccc(-c2nc(CSc3nnc(N4CCCCC4)n3Cc3ccco3)no2)cc1. The lowest BCUT2D eigenvalue weighted by Gasteiger charge is -2.27. The monoisotopic (exact) mass is 422 g/mol. The van der Waals surface area contributed by atoms with Crippen molar-refractivity contribution in [3.8, 4) is 11.5 Å². The number of furan rings is 1. The molecule has 9 heteroatoms. The van der Waals surface area contributed by atoms with Gasteiger partial charge in [-0.2, -0.15) is 4.98 Å². The van der Waals surface area contributed by atoms with Crippen LogP contribution in [-0.2, 0) is 12.3 Å². The van der Waals surface area contributed by atoms with Crippen molar-refractivity contribution in [1.29, 1.82) is 0 Å². The van der Waals surface area contributed by atoms with Gasteiger partial charge in [-0.15, -0.1) is 10.2 Å². The van der Waals surface area contributed by atoms with Crippen molar-refractivity contribution in [2.75, 3.05) is 18.0 Å². The predicted octanol–water partition coefficient (Wildman–Crippen LogP) is 4.25. The third-order valence-electron chi connectivity index (χ3n) is 5.05. The lowest BCUT2D eigenvalue weighted by Crippen LogP contribution is -2.32. The molecule has 0 radical (unpaired) electrons. The van der Waals surface area contributed by atoms with E-state index in [1.807, 2.05) is 42.5 Å². The number of nitrogens with zero attached hydrogens (tertiary/aromatic N) is 6. The molecule has 0 amide bonds. The first-order valence-electron chi connectivity index (χ1n) is 10.1. The van der Waals surface area contributed by atoms with Crippen molar-refractivity contribution in [2.24, 2.45) is 0 Å². The summed E-state index contributed by atoms with van der Waals surface area (Å²) >= 11 is 1.55. The van der Waals surface area contributed by atoms with Gasteiger partial charge in [0.1, 0.15) is 5.76 Å². The lowest BCUT2D eigenvalue weighted by atomic mass is 10.1. The van der Waals surface area contributed by atoms with E-state index >= 15 is 0 Å². The summed E-state index contributed by atoms with van der Waals surface area (Å²) in [6.45, 7) is 2.61. The molecule has 3 aromatic heterocycles. The van der Waals surface area contributed by atoms with Crippen molar-refractivity contribution in [3.63, 3.8) is 0 Å². The molecule has 4 aromatic rings. The van der Waals surface area contributed by atoms with Crippen LogP contribution < -0.4 is 4.90 Å². The third-order valence-corrected chi connectivity index (χ3v) is 6.01. The van der Waals surface area contributed by atoms with Gasteiger partial charge in [0.05, 0.1) is 18.6 Å². The normalized spacial score (nSPS) is 14.3. The van der Waals surface area contributed by atoms with Gasteiger partial charge < -0.3 is 13.8 Å². The molecule has 0 bridgehead atoms. The molecule has 1 fully saturated rings. The van der Waals surface area contributed by atoms with Crippen LogP contribution >= 0.6 is 11.8 Å². The Morgan fingerprint density at radius 3 is 2.63 bits per heavy atom. The Morgan fingerprint density at radius 2 is 1.83 bits per heavy atom. The summed E-state index contributed by atoms with van der Waals surface area (Å²) in [5, 5.41) is 13.9. The van der Waals surface area contributed by atoms with E-state index in [1.165, 1.54) is 19.3 Å². The average Bonchev–Trinajstić information content (AvgIpc) is 3.56. The van der Waals surface area contributed by atoms with Gasteiger partial charge >= 0.3 is 0 Å². The van der Waals surface area contributed by atoms with E-state index in [0.29, 0.717) is 24.0 Å². The molecule has 30 heavy (non-hydrogen) atoms. The lowest BCUT2D eigenvalue weighted by molar-refractivity contribution is 0.425. The van der Waals surface area contributed by atoms with Gasteiger partial charge in [-0.3, -0.25) is 4.57 Å². The summed E-state index contributed by atoms with van der Waals surface area (Å²) in [5.41, 5.74) is 0.912. The standard InChI is InChI=1S/C21H22N6O2S/c1-3-8-16(9-4-1)19-22-18(25-29-19)15-30-21-24-23-20(26-11-5-2-6-12-26)27(21)14-17-10-7-13-28-17/h1,3-4,7-10,13H,2,5-6,11-12,14-15H2. The molecule has 0 spiro atoms. The highest BCUT2D eigenvalue weighted by Gasteiger charge is 2.21. The minimum Gasteiger partial charge on any atom is -0.467 e. The largest absolute Gasteiger partial charge is 0.467 e. The number of rotatable bonds is 7. The Balaban J connectivity index is 1.35. The Labute approximate surface area is 178 Å². The Kier molecular flexibility index (Phi) is 5.52. The quantitative estimate of drug-likeness (QED) is 0.409. The van der Waals surface area contributed by atoms with E-state index in [4.69, 9.17) is 8.94 Å². The van der Waals surface area contributed by atoms with Gasteiger partial charge in [-0.1, -0.05) is 35.1 Å². The zero-order chi connectivity index (χ0) is 20.2. The molecule has 1 aliphatic heterocycles. The van der Waals surface area contributed by atoms with Crippen LogP contribution in [0, 0.1) is 0 Å². The summed E-state index contributed by atoms with van der Waals surface area (Å²) in [4.78, 5) is 6.82. The van der Waals surface area contributed by atoms with Gasteiger partial charge in [0.25, 0.3) is 5.89 Å². The molecular formula is C21H22N6O2S. The number of benzene rings is 1. The van der Waals surface area contributed by atoms with Crippen LogP contribution in [0.25, 0.3) is 11.5 Å². The number of thioether (sulfide) groups is 1. The summed E-state index contributed by atoms with van der Waals surface area (Å²) in [5.74, 6) is 3.47. The highest BCUT2D eigenvalue weighted by molar-refractivity contribution is 7.98. The number of hydrogen-bond donors (Lipinski definition) is 0. The Morgan fingerprint density at radius 1 is 0.967 bits per heavy atom. The van der Waals surface area contributed by atoms with E-state index in [9.17, 15) is 0 Å². The van der Waals surface area contributed by atoms with Crippen LogP contribution in [0.3, 0.4) is 0 Å². The molecule has 0 saturated carbocycles. The van der Waals surface area contributed by atoms with E-state index in [2.05, 4.69) is 29.8 Å². The molecule has 154 valence electrons. The highest BCUT2D eigenvalue weighted by atomic mass is 32.2. The van der Waals surface area contributed by atoms with Crippen LogP contribution in [0.5, 0.6) is 0 Å².